The second-order valence-electron chi connectivity index (χ2n) is 7.31. The number of carbonyl (C=O) groups is 2. The Morgan fingerprint density at radius 3 is 2.62 bits per heavy atom. The van der Waals surface area contributed by atoms with E-state index in [1.165, 1.54) is 6.33 Å². The standard InChI is InChI=1S/C22H23N5O2/c1-26-19-10-6-5-9-18(19)22(21(26)29,13-17-7-3-2-4-8-17)14-20(28)24-11-12-27-16-23-15-25-27/h2-10,15-16H,11-14H2,1H3,(H,24,28)/t22-/m1/s1. The molecule has 29 heavy (non-hydrogen) atoms. The number of para-hydroxylation sites is 1. The van der Waals surface area contributed by atoms with Gasteiger partial charge in [0, 0.05) is 25.7 Å². The number of aromatic nitrogens is 3. The molecule has 7 heteroatoms. The lowest BCUT2D eigenvalue weighted by Crippen LogP contribution is -2.44. The van der Waals surface area contributed by atoms with Gasteiger partial charge in [-0.15, -0.1) is 0 Å². The highest BCUT2D eigenvalue weighted by Crippen LogP contribution is 2.45. The molecule has 2 amide bonds. The summed E-state index contributed by atoms with van der Waals surface area (Å²) in [7, 11) is 1.77. The van der Waals surface area contributed by atoms with Crippen molar-refractivity contribution in [2.45, 2.75) is 24.8 Å². The number of carbonyl (C=O) groups excluding carboxylic acids is 2. The summed E-state index contributed by atoms with van der Waals surface area (Å²) in [5, 5.41) is 6.96. The van der Waals surface area contributed by atoms with E-state index in [1.807, 2.05) is 54.6 Å². The highest BCUT2D eigenvalue weighted by Gasteiger charge is 2.50. The molecule has 3 aromatic rings. The van der Waals surface area contributed by atoms with Crippen LogP contribution in [0.1, 0.15) is 17.5 Å². The molecule has 7 nitrogen and oxygen atoms in total. The largest absolute Gasteiger partial charge is 0.354 e. The van der Waals surface area contributed by atoms with Crippen LogP contribution in [-0.4, -0.2) is 40.2 Å². The molecule has 0 aliphatic carbocycles. The number of nitrogens with zero attached hydrogens (tertiary/aromatic N) is 4. The maximum Gasteiger partial charge on any atom is 0.238 e. The molecule has 1 atom stereocenters. The van der Waals surface area contributed by atoms with E-state index in [2.05, 4.69) is 15.4 Å². The summed E-state index contributed by atoms with van der Waals surface area (Å²) in [5.74, 6) is -0.200. The molecule has 0 saturated heterocycles. The van der Waals surface area contributed by atoms with E-state index in [0.717, 1.165) is 16.8 Å². The van der Waals surface area contributed by atoms with Crippen LogP contribution >= 0.6 is 0 Å². The fraction of sp³-hybridized carbons (Fsp3) is 0.273. The summed E-state index contributed by atoms with van der Waals surface area (Å²) in [6.45, 7) is 0.956. The first-order valence-electron chi connectivity index (χ1n) is 9.61. The van der Waals surface area contributed by atoms with Crippen molar-refractivity contribution in [2.24, 2.45) is 0 Å². The molecule has 0 radical (unpaired) electrons. The van der Waals surface area contributed by atoms with E-state index in [1.54, 1.807) is 23.0 Å². The molecule has 4 rings (SSSR count). The van der Waals surface area contributed by atoms with Gasteiger partial charge in [-0.2, -0.15) is 5.10 Å². The number of anilines is 1. The summed E-state index contributed by atoms with van der Waals surface area (Å²) in [4.78, 5) is 31.8. The predicted octanol–water partition coefficient (Wildman–Crippen LogP) is 1.94. The van der Waals surface area contributed by atoms with Gasteiger partial charge in [0.2, 0.25) is 11.8 Å². The number of nitrogens with one attached hydrogen (secondary N) is 1. The van der Waals surface area contributed by atoms with E-state index >= 15 is 0 Å². The van der Waals surface area contributed by atoms with Crippen molar-refractivity contribution in [3.05, 3.63) is 78.4 Å². The molecule has 0 bridgehead atoms. The highest BCUT2D eigenvalue weighted by atomic mass is 16.2. The van der Waals surface area contributed by atoms with Crippen molar-refractivity contribution in [1.82, 2.24) is 20.1 Å². The zero-order valence-corrected chi connectivity index (χ0v) is 16.3. The van der Waals surface area contributed by atoms with Gasteiger partial charge >= 0.3 is 0 Å². The highest BCUT2D eigenvalue weighted by molar-refractivity contribution is 6.09. The lowest BCUT2D eigenvalue weighted by atomic mass is 9.73. The van der Waals surface area contributed by atoms with Crippen LogP contribution in [0.5, 0.6) is 0 Å². The van der Waals surface area contributed by atoms with Crippen LogP contribution in [0.25, 0.3) is 0 Å². The van der Waals surface area contributed by atoms with Gasteiger partial charge in [-0.3, -0.25) is 14.3 Å². The summed E-state index contributed by atoms with van der Waals surface area (Å²) in [6, 6.07) is 17.6. The summed E-state index contributed by atoms with van der Waals surface area (Å²) < 4.78 is 1.66. The normalized spacial score (nSPS) is 18.0. The van der Waals surface area contributed by atoms with Gasteiger partial charge in [-0.05, 0) is 23.6 Å². The minimum atomic E-state index is -0.913. The second kappa shape index (κ2) is 7.87. The second-order valence-corrected chi connectivity index (χ2v) is 7.31. The van der Waals surface area contributed by atoms with Crippen molar-refractivity contribution in [3.63, 3.8) is 0 Å². The Kier molecular flexibility index (Phi) is 5.12. The maximum absolute atomic E-state index is 13.4. The molecule has 1 aromatic heterocycles. The third-order valence-corrected chi connectivity index (χ3v) is 5.44. The fourth-order valence-electron chi connectivity index (χ4n) is 4.06. The predicted molar refractivity (Wildman–Crippen MR) is 109 cm³/mol. The Balaban J connectivity index is 1.59. The third-order valence-electron chi connectivity index (χ3n) is 5.44. The SMILES string of the molecule is CN1C(=O)[C@@](CC(=O)NCCn2cncn2)(Cc2ccccc2)c2ccccc21. The Morgan fingerprint density at radius 2 is 1.86 bits per heavy atom. The average Bonchev–Trinajstić information content (AvgIpc) is 3.32. The minimum absolute atomic E-state index is 0.0472. The van der Waals surface area contributed by atoms with E-state index in [4.69, 9.17) is 0 Å². The number of fused-ring (bicyclic) bond motifs is 1. The molecular weight excluding hydrogens is 366 g/mol. The lowest BCUT2D eigenvalue weighted by molar-refractivity contribution is -0.129. The molecular formula is C22H23N5O2. The molecule has 0 saturated carbocycles. The summed E-state index contributed by atoms with van der Waals surface area (Å²) in [6.07, 6.45) is 3.64. The molecule has 2 heterocycles. The first kappa shape index (κ1) is 18.9. The average molecular weight is 389 g/mol. The van der Waals surface area contributed by atoms with Crippen LogP contribution in [0.15, 0.2) is 67.3 Å². The fourth-order valence-corrected chi connectivity index (χ4v) is 4.06. The summed E-state index contributed by atoms with van der Waals surface area (Å²) >= 11 is 0. The molecule has 0 fully saturated rings. The Hall–Kier alpha value is -3.48. The first-order chi connectivity index (χ1) is 14.1. The zero-order valence-electron chi connectivity index (χ0n) is 16.3. The van der Waals surface area contributed by atoms with Crippen molar-refractivity contribution in [2.75, 3.05) is 18.5 Å². The number of hydrogen-bond donors (Lipinski definition) is 1. The molecule has 1 N–H and O–H groups in total. The Morgan fingerprint density at radius 1 is 1.10 bits per heavy atom. The lowest BCUT2D eigenvalue weighted by Gasteiger charge is -2.28. The van der Waals surface area contributed by atoms with Gasteiger partial charge in [0.15, 0.2) is 0 Å². The van der Waals surface area contributed by atoms with E-state index in [0.29, 0.717) is 19.5 Å². The van der Waals surface area contributed by atoms with Crippen LogP contribution in [-0.2, 0) is 28.0 Å². The van der Waals surface area contributed by atoms with E-state index in [9.17, 15) is 9.59 Å². The number of rotatable bonds is 7. The minimum Gasteiger partial charge on any atom is -0.354 e. The van der Waals surface area contributed by atoms with Gasteiger partial charge in [0.25, 0.3) is 0 Å². The summed E-state index contributed by atoms with van der Waals surface area (Å²) in [5.41, 5.74) is 1.89. The molecule has 1 aliphatic rings. The maximum atomic E-state index is 13.4. The van der Waals surface area contributed by atoms with Crippen LogP contribution in [0.3, 0.4) is 0 Å². The molecule has 148 valence electrons. The van der Waals surface area contributed by atoms with Crippen molar-refractivity contribution in [3.8, 4) is 0 Å². The van der Waals surface area contributed by atoms with Crippen LogP contribution in [0.2, 0.25) is 0 Å². The zero-order chi connectivity index (χ0) is 20.3. The van der Waals surface area contributed by atoms with E-state index < -0.39 is 5.41 Å². The monoisotopic (exact) mass is 389 g/mol. The molecule has 0 unspecified atom stereocenters. The van der Waals surface area contributed by atoms with Gasteiger partial charge in [0.1, 0.15) is 12.7 Å². The number of amides is 2. The smallest absolute Gasteiger partial charge is 0.238 e. The van der Waals surface area contributed by atoms with Crippen LogP contribution in [0.4, 0.5) is 5.69 Å². The quantitative estimate of drug-likeness (QED) is 0.670. The van der Waals surface area contributed by atoms with Crippen molar-refractivity contribution in [1.29, 1.82) is 0 Å². The molecule has 0 spiro atoms. The number of benzene rings is 2. The Bertz CT molecular complexity index is 1000. The number of likely N-dealkylation sites (N-methyl/N-ethyl adjacent to an activating group) is 1. The van der Waals surface area contributed by atoms with Crippen LogP contribution < -0.4 is 10.2 Å². The molecule has 1 aliphatic heterocycles. The Labute approximate surface area is 169 Å². The topological polar surface area (TPSA) is 80.1 Å². The van der Waals surface area contributed by atoms with E-state index in [-0.39, 0.29) is 18.2 Å². The van der Waals surface area contributed by atoms with Crippen molar-refractivity contribution >= 4 is 17.5 Å². The first-order valence-corrected chi connectivity index (χ1v) is 9.61. The van der Waals surface area contributed by atoms with Crippen molar-refractivity contribution < 1.29 is 9.59 Å². The van der Waals surface area contributed by atoms with Gasteiger partial charge in [0.05, 0.1) is 12.0 Å². The van der Waals surface area contributed by atoms with Gasteiger partial charge in [-0.25, -0.2) is 4.98 Å². The van der Waals surface area contributed by atoms with Gasteiger partial charge in [-0.1, -0.05) is 48.5 Å². The number of hydrogen-bond acceptors (Lipinski definition) is 4. The van der Waals surface area contributed by atoms with Gasteiger partial charge < -0.3 is 10.2 Å². The van der Waals surface area contributed by atoms with Crippen LogP contribution in [0, 0.1) is 0 Å². The third kappa shape index (κ3) is 3.63. The molecule has 2 aromatic carbocycles.